The maximum Gasteiger partial charge on any atom is 0.426 e. The molecule has 0 amide bonds. The Morgan fingerprint density at radius 2 is 1.62 bits per heavy atom. The van der Waals surface area contributed by atoms with Crippen molar-refractivity contribution < 1.29 is 13.5 Å². The van der Waals surface area contributed by atoms with Gasteiger partial charge in [-0.1, -0.05) is 61.4 Å². The van der Waals surface area contributed by atoms with Crippen molar-refractivity contribution in [3.05, 3.63) is 83.7 Å². The van der Waals surface area contributed by atoms with E-state index >= 15 is 0 Å². The molecule has 0 saturated heterocycles. The maximum absolute atomic E-state index is 15.0. The van der Waals surface area contributed by atoms with Crippen LogP contribution in [-0.4, -0.2) is 6.11 Å². The highest BCUT2D eigenvalue weighted by Gasteiger charge is 2.39. The van der Waals surface area contributed by atoms with Crippen molar-refractivity contribution in [2.24, 2.45) is 10.8 Å². The molecule has 0 aliphatic heterocycles. The van der Waals surface area contributed by atoms with E-state index in [0.717, 1.165) is 17.6 Å². The van der Waals surface area contributed by atoms with E-state index in [2.05, 4.69) is 6.58 Å². The summed E-state index contributed by atoms with van der Waals surface area (Å²) in [6.07, 6.45) is 12.8. The molecule has 0 aromatic heterocycles. The van der Waals surface area contributed by atoms with Crippen LogP contribution in [0.25, 0.3) is 0 Å². The summed E-state index contributed by atoms with van der Waals surface area (Å²) in [5.41, 5.74) is 0.833. The van der Waals surface area contributed by atoms with Gasteiger partial charge in [-0.3, -0.25) is 0 Å². The zero-order chi connectivity index (χ0) is 19.6. The highest BCUT2D eigenvalue weighted by Crippen LogP contribution is 2.39. The van der Waals surface area contributed by atoms with Gasteiger partial charge in [0.1, 0.15) is 5.76 Å². The van der Waals surface area contributed by atoms with Crippen molar-refractivity contribution >= 4 is 0 Å². The Bertz CT molecular complexity index is 761. The summed E-state index contributed by atoms with van der Waals surface area (Å²) >= 11 is 0. The Morgan fingerprint density at radius 1 is 1.00 bits per heavy atom. The first-order chi connectivity index (χ1) is 12.0. The van der Waals surface area contributed by atoms with Gasteiger partial charge in [0.15, 0.2) is 0 Å². The largest absolute Gasteiger partial charge is 0.429 e. The van der Waals surface area contributed by atoms with Crippen LogP contribution in [0.4, 0.5) is 8.78 Å². The predicted octanol–water partition coefficient (Wildman–Crippen LogP) is 7.05. The van der Waals surface area contributed by atoms with Gasteiger partial charge in [0.25, 0.3) is 0 Å². The third kappa shape index (κ3) is 4.72. The molecule has 0 fully saturated rings. The lowest BCUT2D eigenvalue weighted by molar-refractivity contribution is -0.177. The summed E-state index contributed by atoms with van der Waals surface area (Å²) < 4.78 is 35.2. The molecule has 0 heterocycles. The van der Waals surface area contributed by atoms with E-state index in [0.29, 0.717) is 0 Å². The Kier molecular flexibility index (Phi) is 5.60. The van der Waals surface area contributed by atoms with Gasteiger partial charge in [0.05, 0.1) is 5.57 Å². The molecule has 0 spiro atoms. The first kappa shape index (κ1) is 20.2. The highest BCUT2D eigenvalue weighted by molar-refractivity contribution is 5.40. The highest BCUT2D eigenvalue weighted by atomic mass is 19.3. The summed E-state index contributed by atoms with van der Waals surface area (Å²) in [4.78, 5) is 0. The molecule has 0 aromatic rings. The molecular weight excluding hydrogens is 330 g/mol. The second-order valence-corrected chi connectivity index (χ2v) is 7.64. The second kappa shape index (κ2) is 7.22. The molecule has 2 aliphatic carbocycles. The standard InChI is InChI=1S/C23H28F2O/c1-7-21(5)13-17(3)9-11-19(15-21)23(24,25)26-20-12-10-18(4)14-22(6,8-2)16-20/h8-16H,2,7H2,1,3-6H3. The van der Waals surface area contributed by atoms with Gasteiger partial charge in [-0.15, -0.1) is 6.58 Å². The number of rotatable bonds is 5. The second-order valence-electron chi connectivity index (χ2n) is 7.64. The molecule has 26 heavy (non-hydrogen) atoms. The van der Waals surface area contributed by atoms with Gasteiger partial charge in [-0.2, -0.15) is 8.78 Å². The van der Waals surface area contributed by atoms with Crippen molar-refractivity contribution in [1.82, 2.24) is 0 Å². The fourth-order valence-electron chi connectivity index (χ4n) is 3.16. The number of halogens is 2. The van der Waals surface area contributed by atoms with Crippen LogP contribution in [0.2, 0.25) is 0 Å². The molecule has 2 unspecified atom stereocenters. The van der Waals surface area contributed by atoms with Crippen LogP contribution in [0, 0.1) is 10.8 Å². The average Bonchev–Trinajstić information content (AvgIpc) is 2.79. The summed E-state index contributed by atoms with van der Waals surface area (Å²) in [7, 11) is 0. The zero-order valence-electron chi connectivity index (χ0n) is 16.3. The molecule has 2 aliphatic rings. The maximum atomic E-state index is 15.0. The van der Waals surface area contributed by atoms with Gasteiger partial charge in [0.2, 0.25) is 0 Å². The lowest BCUT2D eigenvalue weighted by Crippen LogP contribution is -2.24. The molecule has 0 saturated carbocycles. The summed E-state index contributed by atoms with van der Waals surface area (Å²) in [5, 5.41) is 0. The van der Waals surface area contributed by atoms with Crippen molar-refractivity contribution in [1.29, 1.82) is 0 Å². The molecule has 0 aromatic carbocycles. The average molecular weight is 358 g/mol. The molecular formula is C23H28F2O. The normalized spacial score (nSPS) is 29.0. The quantitative estimate of drug-likeness (QED) is 0.479. The van der Waals surface area contributed by atoms with E-state index < -0.39 is 16.9 Å². The van der Waals surface area contributed by atoms with Crippen LogP contribution in [0.3, 0.4) is 0 Å². The Morgan fingerprint density at radius 3 is 2.23 bits per heavy atom. The lowest BCUT2D eigenvalue weighted by atomic mass is 9.84. The van der Waals surface area contributed by atoms with Crippen LogP contribution in [0.1, 0.15) is 41.0 Å². The third-order valence-corrected chi connectivity index (χ3v) is 4.85. The summed E-state index contributed by atoms with van der Waals surface area (Å²) in [6.45, 7) is 13.5. The van der Waals surface area contributed by atoms with Crippen molar-refractivity contribution in [3.8, 4) is 0 Å². The van der Waals surface area contributed by atoms with Gasteiger partial charge in [-0.25, -0.2) is 0 Å². The minimum absolute atomic E-state index is 0.126. The number of alkyl halides is 2. The molecule has 2 rings (SSSR count). The SMILES string of the molecule is C=CC1(C)C=C(C)C=CC(OC(F)(F)C2=CC(C)(CC)C=C(C)C=C2)=C1. The minimum Gasteiger partial charge on any atom is -0.429 e. The van der Waals surface area contributed by atoms with Gasteiger partial charge >= 0.3 is 6.11 Å². The number of hydrogen-bond donors (Lipinski definition) is 0. The number of hydrogen-bond acceptors (Lipinski definition) is 1. The van der Waals surface area contributed by atoms with Crippen LogP contribution >= 0.6 is 0 Å². The van der Waals surface area contributed by atoms with E-state index in [1.54, 1.807) is 36.5 Å². The first-order valence-electron chi connectivity index (χ1n) is 8.92. The van der Waals surface area contributed by atoms with Crippen molar-refractivity contribution in [2.75, 3.05) is 0 Å². The lowest BCUT2D eigenvalue weighted by Gasteiger charge is -2.25. The van der Waals surface area contributed by atoms with Crippen molar-refractivity contribution in [2.45, 2.75) is 47.1 Å². The van der Waals surface area contributed by atoms with Gasteiger partial charge in [0, 0.05) is 10.8 Å². The Hall–Kier alpha value is -2.16. The monoisotopic (exact) mass is 358 g/mol. The van der Waals surface area contributed by atoms with E-state index in [4.69, 9.17) is 4.74 Å². The molecule has 0 radical (unpaired) electrons. The molecule has 140 valence electrons. The van der Waals surface area contributed by atoms with E-state index in [-0.39, 0.29) is 11.3 Å². The fraction of sp³-hybridized carbons (Fsp3) is 0.391. The summed E-state index contributed by atoms with van der Waals surface area (Å²) in [5.74, 6) is 0.131. The van der Waals surface area contributed by atoms with E-state index in [1.807, 2.05) is 46.8 Å². The molecule has 1 nitrogen and oxygen atoms in total. The Balaban J connectivity index is 2.38. The molecule has 0 bridgehead atoms. The number of ether oxygens (including phenoxy) is 1. The molecule has 2 atom stereocenters. The zero-order valence-corrected chi connectivity index (χ0v) is 16.3. The summed E-state index contributed by atoms with van der Waals surface area (Å²) in [6, 6.07) is 0. The van der Waals surface area contributed by atoms with Crippen LogP contribution < -0.4 is 0 Å². The van der Waals surface area contributed by atoms with Gasteiger partial charge in [-0.05, 0) is 45.4 Å². The van der Waals surface area contributed by atoms with Crippen molar-refractivity contribution in [3.63, 3.8) is 0 Å². The molecule has 3 heteroatoms. The van der Waals surface area contributed by atoms with Crippen LogP contribution in [0.15, 0.2) is 83.7 Å². The van der Waals surface area contributed by atoms with E-state index in [9.17, 15) is 8.78 Å². The first-order valence-corrected chi connectivity index (χ1v) is 8.92. The topological polar surface area (TPSA) is 9.23 Å². The molecule has 0 N–H and O–H groups in total. The predicted molar refractivity (Wildman–Crippen MR) is 105 cm³/mol. The minimum atomic E-state index is -3.43. The number of allylic oxidation sites excluding steroid dienone is 10. The Labute approximate surface area is 155 Å². The van der Waals surface area contributed by atoms with Crippen LogP contribution in [0.5, 0.6) is 0 Å². The smallest absolute Gasteiger partial charge is 0.426 e. The van der Waals surface area contributed by atoms with Crippen LogP contribution in [-0.2, 0) is 4.74 Å². The third-order valence-electron chi connectivity index (χ3n) is 4.85. The van der Waals surface area contributed by atoms with Gasteiger partial charge < -0.3 is 4.74 Å². The fourth-order valence-corrected chi connectivity index (χ4v) is 3.16. The van der Waals surface area contributed by atoms with E-state index in [1.165, 1.54) is 6.08 Å².